The van der Waals surface area contributed by atoms with Crippen molar-refractivity contribution in [1.29, 1.82) is 0 Å². The van der Waals surface area contributed by atoms with Gasteiger partial charge >= 0.3 is 0 Å². The van der Waals surface area contributed by atoms with Gasteiger partial charge in [0, 0.05) is 23.9 Å². The Labute approximate surface area is 121 Å². The molecule has 2 aromatic carbocycles. The van der Waals surface area contributed by atoms with E-state index in [0.29, 0.717) is 5.92 Å². The molecule has 1 nitrogen and oxygen atoms in total. The SMILES string of the molecule is Fc1cccc2cc(C3CNCc4ccccc43)sc12. The molecule has 0 radical (unpaired) electrons. The molecular formula is C17H14FNS. The largest absolute Gasteiger partial charge is 0.312 e. The summed E-state index contributed by atoms with van der Waals surface area (Å²) in [5, 5.41) is 4.47. The maximum absolute atomic E-state index is 13.9. The molecule has 20 heavy (non-hydrogen) atoms. The van der Waals surface area contributed by atoms with Gasteiger partial charge < -0.3 is 5.32 Å². The third-order valence-corrected chi connectivity index (χ3v) is 5.23. The van der Waals surface area contributed by atoms with E-state index in [1.54, 1.807) is 17.4 Å². The van der Waals surface area contributed by atoms with Gasteiger partial charge in [-0.05, 0) is 28.6 Å². The Hall–Kier alpha value is -1.71. The average Bonchev–Trinajstić information content (AvgIpc) is 2.92. The summed E-state index contributed by atoms with van der Waals surface area (Å²) < 4.78 is 14.6. The van der Waals surface area contributed by atoms with Crippen LogP contribution in [0.1, 0.15) is 21.9 Å². The first-order valence-corrected chi connectivity index (χ1v) is 7.61. The van der Waals surface area contributed by atoms with Gasteiger partial charge in [0.25, 0.3) is 0 Å². The van der Waals surface area contributed by atoms with Gasteiger partial charge in [-0.2, -0.15) is 0 Å². The van der Waals surface area contributed by atoms with Crippen LogP contribution in [-0.4, -0.2) is 6.54 Å². The topological polar surface area (TPSA) is 12.0 Å². The van der Waals surface area contributed by atoms with Crippen LogP contribution in [0.5, 0.6) is 0 Å². The molecule has 0 fully saturated rings. The minimum atomic E-state index is -0.115. The standard InChI is InChI=1S/C17H14FNS/c18-15-7-3-5-11-8-16(20-17(11)15)14-10-19-9-12-4-1-2-6-13(12)14/h1-8,14,19H,9-10H2. The molecular weight excluding hydrogens is 269 g/mol. The molecule has 1 aliphatic heterocycles. The molecule has 0 bridgehead atoms. The molecule has 0 spiro atoms. The summed E-state index contributed by atoms with van der Waals surface area (Å²) in [7, 11) is 0. The van der Waals surface area contributed by atoms with Crippen LogP contribution in [0.4, 0.5) is 4.39 Å². The normalized spacial score (nSPS) is 18.1. The Bertz CT molecular complexity index is 778. The molecule has 1 unspecified atom stereocenters. The number of benzene rings is 2. The van der Waals surface area contributed by atoms with Crippen LogP contribution in [-0.2, 0) is 6.54 Å². The fourth-order valence-electron chi connectivity index (χ4n) is 2.97. The van der Waals surface area contributed by atoms with E-state index < -0.39 is 0 Å². The highest BCUT2D eigenvalue weighted by Crippen LogP contribution is 2.37. The van der Waals surface area contributed by atoms with Crippen molar-refractivity contribution in [2.24, 2.45) is 0 Å². The maximum Gasteiger partial charge on any atom is 0.140 e. The van der Waals surface area contributed by atoms with Gasteiger partial charge in [0.1, 0.15) is 5.82 Å². The summed E-state index contributed by atoms with van der Waals surface area (Å²) in [6.45, 7) is 1.84. The van der Waals surface area contributed by atoms with Gasteiger partial charge in [-0.25, -0.2) is 4.39 Å². The number of hydrogen-bond donors (Lipinski definition) is 1. The van der Waals surface area contributed by atoms with E-state index in [4.69, 9.17) is 0 Å². The highest BCUT2D eigenvalue weighted by molar-refractivity contribution is 7.19. The smallest absolute Gasteiger partial charge is 0.140 e. The van der Waals surface area contributed by atoms with Crippen LogP contribution >= 0.6 is 11.3 Å². The lowest BCUT2D eigenvalue weighted by atomic mass is 9.89. The zero-order chi connectivity index (χ0) is 13.5. The Morgan fingerprint density at radius 1 is 1.10 bits per heavy atom. The Morgan fingerprint density at radius 2 is 2.00 bits per heavy atom. The zero-order valence-corrected chi connectivity index (χ0v) is 11.7. The molecule has 3 aromatic rings. The van der Waals surface area contributed by atoms with Crippen molar-refractivity contribution >= 4 is 21.4 Å². The van der Waals surface area contributed by atoms with Crippen molar-refractivity contribution in [1.82, 2.24) is 5.32 Å². The number of rotatable bonds is 1. The molecule has 1 aliphatic rings. The first kappa shape index (κ1) is 12.1. The van der Waals surface area contributed by atoms with E-state index in [0.717, 1.165) is 23.2 Å². The van der Waals surface area contributed by atoms with Gasteiger partial charge in [0.05, 0.1) is 4.70 Å². The number of nitrogens with one attached hydrogen (secondary N) is 1. The van der Waals surface area contributed by atoms with Gasteiger partial charge in [0.2, 0.25) is 0 Å². The predicted octanol–water partition coefficient (Wildman–Crippen LogP) is 4.28. The van der Waals surface area contributed by atoms with Gasteiger partial charge in [-0.3, -0.25) is 0 Å². The van der Waals surface area contributed by atoms with Crippen molar-refractivity contribution in [2.75, 3.05) is 6.54 Å². The van der Waals surface area contributed by atoms with E-state index in [1.165, 1.54) is 22.1 Å². The minimum absolute atomic E-state index is 0.115. The Balaban J connectivity index is 1.86. The molecule has 1 aromatic heterocycles. The maximum atomic E-state index is 13.9. The van der Waals surface area contributed by atoms with E-state index in [9.17, 15) is 4.39 Å². The summed E-state index contributed by atoms with van der Waals surface area (Å²) in [4.78, 5) is 1.24. The van der Waals surface area contributed by atoms with Crippen molar-refractivity contribution in [3.8, 4) is 0 Å². The molecule has 0 saturated carbocycles. The lowest BCUT2D eigenvalue weighted by Crippen LogP contribution is -2.28. The van der Waals surface area contributed by atoms with Gasteiger partial charge in [0.15, 0.2) is 0 Å². The fourth-order valence-corrected chi connectivity index (χ4v) is 4.15. The summed E-state index contributed by atoms with van der Waals surface area (Å²) >= 11 is 1.58. The number of thiophene rings is 1. The Kier molecular flexibility index (Phi) is 2.83. The highest BCUT2D eigenvalue weighted by atomic mass is 32.1. The monoisotopic (exact) mass is 283 g/mol. The van der Waals surface area contributed by atoms with Crippen LogP contribution in [0.15, 0.2) is 48.5 Å². The van der Waals surface area contributed by atoms with Crippen molar-refractivity contribution in [2.45, 2.75) is 12.5 Å². The third-order valence-electron chi connectivity index (χ3n) is 3.95. The number of halogens is 1. The van der Waals surface area contributed by atoms with Crippen LogP contribution in [0.25, 0.3) is 10.1 Å². The van der Waals surface area contributed by atoms with Crippen molar-refractivity contribution < 1.29 is 4.39 Å². The lowest BCUT2D eigenvalue weighted by Gasteiger charge is -2.25. The molecule has 0 saturated heterocycles. The number of hydrogen-bond acceptors (Lipinski definition) is 2. The summed E-state index contributed by atoms with van der Waals surface area (Å²) in [5.41, 5.74) is 2.72. The lowest BCUT2D eigenvalue weighted by molar-refractivity contribution is 0.596. The molecule has 100 valence electrons. The highest BCUT2D eigenvalue weighted by Gasteiger charge is 2.23. The predicted molar refractivity (Wildman–Crippen MR) is 81.8 cm³/mol. The van der Waals surface area contributed by atoms with Crippen LogP contribution in [0.3, 0.4) is 0 Å². The fraction of sp³-hybridized carbons (Fsp3) is 0.176. The quantitative estimate of drug-likeness (QED) is 0.703. The zero-order valence-electron chi connectivity index (χ0n) is 10.9. The van der Waals surface area contributed by atoms with Crippen molar-refractivity contribution in [3.63, 3.8) is 0 Å². The third kappa shape index (κ3) is 1.86. The van der Waals surface area contributed by atoms with Crippen LogP contribution in [0.2, 0.25) is 0 Å². The number of fused-ring (bicyclic) bond motifs is 2. The second-order valence-electron chi connectivity index (χ2n) is 5.19. The van der Waals surface area contributed by atoms with E-state index in [-0.39, 0.29) is 5.82 Å². The minimum Gasteiger partial charge on any atom is -0.312 e. The van der Waals surface area contributed by atoms with E-state index >= 15 is 0 Å². The van der Waals surface area contributed by atoms with Crippen LogP contribution in [0, 0.1) is 5.82 Å². The summed E-state index contributed by atoms with van der Waals surface area (Å²) in [6.07, 6.45) is 0. The summed E-state index contributed by atoms with van der Waals surface area (Å²) in [5.74, 6) is 0.215. The molecule has 0 amide bonds. The van der Waals surface area contributed by atoms with Gasteiger partial charge in [-0.15, -0.1) is 11.3 Å². The molecule has 1 N–H and O–H groups in total. The molecule has 0 aliphatic carbocycles. The first-order valence-electron chi connectivity index (χ1n) is 6.79. The molecule has 3 heteroatoms. The van der Waals surface area contributed by atoms with E-state index in [1.807, 2.05) is 6.07 Å². The van der Waals surface area contributed by atoms with E-state index in [2.05, 4.69) is 35.6 Å². The average molecular weight is 283 g/mol. The Morgan fingerprint density at radius 3 is 2.90 bits per heavy atom. The second kappa shape index (κ2) is 4.69. The first-order chi connectivity index (χ1) is 9.83. The van der Waals surface area contributed by atoms with Crippen molar-refractivity contribution in [3.05, 3.63) is 70.4 Å². The van der Waals surface area contributed by atoms with Gasteiger partial charge in [-0.1, -0.05) is 36.4 Å². The summed E-state index contributed by atoms with van der Waals surface area (Å²) in [6, 6.07) is 16.0. The van der Waals surface area contributed by atoms with Crippen LogP contribution < -0.4 is 5.32 Å². The molecule has 2 heterocycles. The molecule has 4 rings (SSSR count). The molecule has 1 atom stereocenters. The second-order valence-corrected chi connectivity index (χ2v) is 6.27.